The normalized spacial score (nSPS) is 13.4. The van der Waals surface area contributed by atoms with Gasteiger partial charge in [0.05, 0.1) is 23.8 Å². The minimum Gasteiger partial charge on any atom is -0.748 e. The number of anilines is 1. The van der Waals surface area contributed by atoms with Crippen molar-refractivity contribution >= 4 is 34.7 Å². The van der Waals surface area contributed by atoms with E-state index in [-0.39, 0.29) is 18.1 Å². The van der Waals surface area contributed by atoms with Crippen LogP contribution in [0.25, 0.3) is 5.69 Å². The summed E-state index contributed by atoms with van der Waals surface area (Å²) in [4.78, 5) is 16.7. The van der Waals surface area contributed by atoms with Gasteiger partial charge in [-0.1, -0.05) is 23.7 Å². The number of nitrogens with one attached hydrogen (secondary N) is 1. The zero-order valence-electron chi connectivity index (χ0n) is 17.7. The molecule has 2 unspecified atom stereocenters. The molecule has 0 bridgehead atoms. The molecule has 3 aromatic rings. The van der Waals surface area contributed by atoms with Gasteiger partial charge in [0, 0.05) is 18.3 Å². The molecule has 0 aliphatic rings. The predicted octanol–water partition coefficient (Wildman–Crippen LogP) is 3.52. The van der Waals surface area contributed by atoms with E-state index in [0.717, 1.165) is 15.8 Å². The standard InChI is InChI=1S/C20H19ClF3N5O4S/c1-12(13-6-7-18(25-10-13)28(2)33-34(31)32)19(30)26-11-16-9-17(20(22,23)24)27-29(16)15-5-3-4-14(21)8-15/h3-10,12H,11H2,1-2H3,(H,26,30)(H,31,32)/p-1. The van der Waals surface area contributed by atoms with Gasteiger partial charge in [-0.25, -0.2) is 18.9 Å². The summed E-state index contributed by atoms with van der Waals surface area (Å²) in [5.41, 5.74) is -0.189. The fraction of sp³-hybridized carbons (Fsp3) is 0.250. The number of nitrogens with zero attached hydrogens (tertiary/aromatic N) is 4. The number of hydroxylamine groups is 1. The molecule has 0 fully saturated rings. The van der Waals surface area contributed by atoms with E-state index in [1.807, 2.05) is 0 Å². The number of alkyl halides is 3. The van der Waals surface area contributed by atoms with Crippen LogP contribution in [0.4, 0.5) is 19.0 Å². The van der Waals surface area contributed by atoms with Crippen LogP contribution in [0.1, 0.15) is 29.8 Å². The molecular formula is C20H18ClF3N5O4S-. The quantitative estimate of drug-likeness (QED) is 0.360. The van der Waals surface area contributed by atoms with Crippen LogP contribution in [-0.4, -0.2) is 36.5 Å². The number of carbonyl (C=O) groups excluding carboxylic acids is 1. The van der Waals surface area contributed by atoms with Crippen LogP contribution < -0.4 is 10.4 Å². The van der Waals surface area contributed by atoms with Crippen molar-refractivity contribution in [3.63, 3.8) is 0 Å². The Kier molecular flexibility index (Phi) is 7.92. The molecular weight excluding hydrogens is 499 g/mol. The molecule has 182 valence electrons. The van der Waals surface area contributed by atoms with E-state index in [1.54, 1.807) is 31.2 Å². The molecule has 2 atom stereocenters. The highest BCUT2D eigenvalue weighted by molar-refractivity contribution is 7.74. The second kappa shape index (κ2) is 10.5. The predicted molar refractivity (Wildman–Crippen MR) is 116 cm³/mol. The highest BCUT2D eigenvalue weighted by Crippen LogP contribution is 2.30. The fourth-order valence-electron chi connectivity index (χ4n) is 2.97. The molecule has 2 aromatic heterocycles. The van der Waals surface area contributed by atoms with Gasteiger partial charge < -0.3 is 9.87 Å². The van der Waals surface area contributed by atoms with Crippen LogP contribution in [0, 0.1) is 0 Å². The first-order valence-electron chi connectivity index (χ1n) is 9.63. The third-order valence-electron chi connectivity index (χ3n) is 4.73. The third-order valence-corrected chi connectivity index (χ3v) is 5.31. The molecule has 14 heteroatoms. The van der Waals surface area contributed by atoms with Crippen molar-refractivity contribution < 1.29 is 31.0 Å². The lowest BCUT2D eigenvalue weighted by Gasteiger charge is -2.19. The van der Waals surface area contributed by atoms with Crippen LogP contribution in [-0.2, 0) is 33.2 Å². The van der Waals surface area contributed by atoms with Gasteiger partial charge in [0.2, 0.25) is 5.91 Å². The lowest BCUT2D eigenvalue weighted by Crippen LogP contribution is -2.28. The molecule has 9 nitrogen and oxygen atoms in total. The minimum absolute atomic E-state index is 0.105. The Hall–Kier alpha value is -3.00. The number of halogens is 4. The SMILES string of the molecule is CC(C(=O)NCc1cc(C(F)(F)F)nn1-c1cccc(Cl)c1)c1ccc(N(C)OS(=O)[O-])nc1. The second-order valence-corrected chi connectivity index (χ2v) is 8.07. The Labute approximate surface area is 199 Å². The maximum Gasteiger partial charge on any atom is 0.435 e. The first-order chi connectivity index (χ1) is 16.0. The average molecular weight is 517 g/mol. The molecule has 0 aliphatic heterocycles. The minimum atomic E-state index is -4.67. The lowest BCUT2D eigenvalue weighted by atomic mass is 10.0. The molecule has 2 heterocycles. The Morgan fingerprint density at radius 2 is 2.06 bits per heavy atom. The largest absolute Gasteiger partial charge is 0.748 e. The Morgan fingerprint density at radius 3 is 2.65 bits per heavy atom. The first-order valence-corrected chi connectivity index (χ1v) is 11.0. The summed E-state index contributed by atoms with van der Waals surface area (Å²) in [7, 11) is 1.34. The van der Waals surface area contributed by atoms with Crippen molar-refractivity contribution in [3.05, 3.63) is 70.6 Å². The van der Waals surface area contributed by atoms with Gasteiger partial charge in [0.15, 0.2) is 11.5 Å². The third kappa shape index (κ3) is 6.32. The highest BCUT2D eigenvalue weighted by Gasteiger charge is 2.35. The van der Waals surface area contributed by atoms with E-state index in [4.69, 9.17) is 11.6 Å². The van der Waals surface area contributed by atoms with E-state index >= 15 is 0 Å². The number of pyridine rings is 1. The smallest absolute Gasteiger partial charge is 0.435 e. The van der Waals surface area contributed by atoms with Crippen molar-refractivity contribution in [1.82, 2.24) is 20.1 Å². The molecule has 0 saturated carbocycles. The maximum atomic E-state index is 13.2. The van der Waals surface area contributed by atoms with E-state index in [9.17, 15) is 26.7 Å². The molecule has 1 amide bonds. The average Bonchev–Trinajstić information content (AvgIpc) is 3.21. The molecule has 3 rings (SSSR count). The van der Waals surface area contributed by atoms with Crippen molar-refractivity contribution in [3.8, 4) is 5.69 Å². The molecule has 0 spiro atoms. The van der Waals surface area contributed by atoms with Gasteiger partial charge in [-0.15, -0.1) is 0 Å². The van der Waals surface area contributed by atoms with Gasteiger partial charge in [0.25, 0.3) is 0 Å². The number of benzene rings is 1. The van der Waals surface area contributed by atoms with Crippen LogP contribution in [0.3, 0.4) is 0 Å². The summed E-state index contributed by atoms with van der Waals surface area (Å²) in [6.07, 6.45) is -3.30. The van der Waals surface area contributed by atoms with Gasteiger partial charge in [0.1, 0.15) is 11.4 Å². The maximum absolute atomic E-state index is 13.2. The van der Waals surface area contributed by atoms with Gasteiger partial charge in [-0.2, -0.15) is 22.6 Å². The summed E-state index contributed by atoms with van der Waals surface area (Å²) >= 11 is 3.18. The zero-order chi connectivity index (χ0) is 25.0. The summed E-state index contributed by atoms with van der Waals surface area (Å²) in [6.45, 7) is 1.37. The number of hydrogen-bond donors (Lipinski definition) is 1. The van der Waals surface area contributed by atoms with Crippen LogP contribution in [0.5, 0.6) is 0 Å². The van der Waals surface area contributed by atoms with Crippen molar-refractivity contribution in [2.45, 2.75) is 25.6 Å². The molecule has 34 heavy (non-hydrogen) atoms. The zero-order valence-corrected chi connectivity index (χ0v) is 19.3. The number of hydrogen-bond acceptors (Lipinski definition) is 7. The van der Waals surface area contributed by atoms with Gasteiger partial charge >= 0.3 is 6.18 Å². The Morgan fingerprint density at radius 1 is 1.32 bits per heavy atom. The van der Waals surface area contributed by atoms with Crippen molar-refractivity contribution in [2.75, 3.05) is 12.1 Å². The Balaban J connectivity index is 1.75. The summed E-state index contributed by atoms with van der Waals surface area (Å²) in [5.74, 6) is -0.982. The van der Waals surface area contributed by atoms with Gasteiger partial charge in [-0.05, 0) is 42.8 Å². The number of carbonyl (C=O) groups is 1. The van der Waals surface area contributed by atoms with E-state index in [1.165, 1.54) is 25.4 Å². The summed E-state index contributed by atoms with van der Waals surface area (Å²) < 4.78 is 66.5. The number of amides is 1. The molecule has 0 saturated heterocycles. The molecule has 1 aromatic carbocycles. The van der Waals surface area contributed by atoms with Crippen LogP contribution in [0.2, 0.25) is 5.02 Å². The van der Waals surface area contributed by atoms with Crippen LogP contribution in [0.15, 0.2) is 48.7 Å². The topological polar surface area (TPSA) is 112 Å². The molecule has 0 radical (unpaired) electrons. The summed E-state index contributed by atoms with van der Waals surface area (Å²) in [5, 5.41) is 7.48. The Bertz CT molecular complexity index is 1190. The first kappa shape index (κ1) is 25.6. The fourth-order valence-corrected chi connectivity index (χ4v) is 3.41. The van der Waals surface area contributed by atoms with Crippen molar-refractivity contribution in [1.29, 1.82) is 0 Å². The van der Waals surface area contributed by atoms with Crippen LogP contribution >= 0.6 is 11.6 Å². The monoisotopic (exact) mass is 516 g/mol. The lowest BCUT2D eigenvalue weighted by molar-refractivity contribution is -0.141. The highest BCUT2D eigenvalue weighted by atomic mass is 35.5. The molecule has 1 N–H and O–H groups in total. The molecule has 0 aliphatic carbocycles. The number of aromatic nitrogens is 3. The van der Waals surface area contributed by atoms with Crippen molar-refractivity contribution in [2.24, 2.45) is 0 Å². The number of rotatable bonds is 8. The second-order valence-electron chi connectivity index (χ2n) is 7.08. The van der Waals surface area contributed by atoms with E-state index in [0.29, 0.717) is 16.3 Å². The summed E-state index contributed by atoms with van der Waals surface area (Å²) in [6, 6.07) is 10.0. The van der Waals surface area contributed by atoms with E-state index < -0.39 is 35.1 Å². The van der Waals surface area contributed by atoms with Gasteiger partial charge in [-0.3, -0.25) is 4.79 Å². The van der Waals surface area contributed by atoms with E-state index in [2.05, 4.69) is 19.7 Å².